The highest BCUT2D eigenvalue weighted by molar-refractivity contribution is 6.02. The first-order chi connectivity index (χ1) is 23.9. The molecule has 2 amide bonds. The van der Waals surface area contributed by atoms with Crippen molar-refractivity contribution in [3.8, 4) is 0 Å². The Hall–Kier alpha value is -4.42. The summed E-state index contributed by atoms with van der Waals surface area (Å²) in [5.41, 5.74) is 4.26. The monoisotopic (exact) mass is 706 g/mol. The number of aliphatic hydroxyl groups is 2. The van der Waals surface area contributed by atoms with Gasteiger partial charge in [0.1, 0.15) is 30.2 Å². The van der Waals surface area contributed by atoms with Gasteiger partial charge in [0, 0.05) is 31.5 Å². The second-order valence-electron chi connectivity index (χ2n) is 12.0. The molecule has 2 aromatic rings. The van der Waals surface area contributed by atoms with Crippen molar-refractivity contribution in [2.45, 2.75) is 107 Å². The molecule has 2 aliphatic heterocycles. The Bertz CT molecular complexity index is 1610. The number of carbonyl (C=O) groups excluding carboxylic acids is 3. The van der Waals surface area contributed by atoms with Crippen molar-refractivity contribution in [2.24, 2.45) is 5.73 Å². The van der Waals surface area contributed by atoms with E-state index in [-0.39, 0.29) is 12.1 Å². The second kappa shape index (κ2) is 18.0. The number of nitrogens with two attached hydrogens (primary N) is 1. The van der Waals surface area contributed by atoms with Crippen LogP contribution >= 0.6 is 0 Å². The molecule has 1 aromatic heterocycles. The number of methoxy groups -OCH3 is 1. The van der Waals surface area contributed by atoms with Crippen LogP contribution in [0.4, 0.5) is 10.1 Å². The molecule has 0 spiro atoms. The predicted molar refractivity (Wildman–Crippen MR) is 173 cm³/mol. The van der Waals surface area contributed by atoms with Crippen LogP contribution in [-0.2, 0) is 38.1 Å². The largest absolute Gasteiger partial charge is 0.456 e. The molecule has 1 unspecified atom stereocenters. The van der Waals surface area contributed by atoms with Crippen molar-refractivity contribution in [3.05, 3.63) is 75.0 Å². The number of hydrogen-bond donors (Lipinski definition) is 5. The number of aliphatic hydroxyl groups excluding tert-OH is 2. The van der Waals surface area contributed by atoms with Crippen LogP contribution in [0.15, 0.2) is 58.0 Å². The van der Waals surface area contributed by atoms with E-state index >= 15 is 0 Å². The molecule has 0 radical (unpaired) electrons. The number of nitrogens with zero attached hydrogens (tertiary/aromatic N) is 1. The van der Waals surface area contributed by atoms with E-state index in [1.807, 2.05) is 0 Å². The van der Waals surface area contributed by atoms with Gasteiger partial charge in [-0.3, -0.25) is 28.7 Å². The Balaban J connectivity index is 1.53. The van der Waals surface area contributed by atoms with Crippen LogP contribution in [0.25, 0.3) is 0 Å². The molecule has 1 fully saturated rings. The molecule has 3 heterocycles. The van der Waals surface area contributed by atoms with Crippen LogP contribution in [0.1, 0.15) is 64.5 Å². The van der Waals surface area contributed by atoms with E-state index in [4.69, 9.17) is 29.4 Å². The van der Waals surface area contributed by atoms with E-state index in [2.05, 4.69) is 17.2 Å². The van der Waals surface area contributed by atoms with Gasteiger partial charge < -0.3 is 44.9 Å². The summed E-state index contributed by atoms with van der Waals surface area (Å²) in [5.74, 6) is -3.75. The molecular weight excluding hydrogens is 663 g/mol. The number of amides is 2. The average molecular weight is 707 g/mol. The summed E-state index contributed by atoms with van der Waals surface area (Å²) in [6.07, 6.45) is -4.16. The van der Waals surface area contributed by atoms with Crippen LogP contribution in [0.3, 0.4) is 0 Å². The van der Waals surface area contributed by atoms with Gasteiger partial charge in [-0.1, -0.05) is 45.4 Å². The quantitative estimate of drug-likeness (QED) is 0.115. The first-order valence-corrected chi connectivity index (χ1v) is 16.4. The van der Waals surface area contributed by atoms with Crippen molar-refractivity contribution in [3.63, 3.8) is 0 Å². The van der Waals surface area contributed by atoms with E-state index in [1.54, 1.807) is 0 Å². The third-order valence-corrected chi connectivity index (χ3v) is 8.25. The lowest BCUT2D eigenvalue weighted by molar-refractivity contribution is -0.241. The van der Waals surface area contributed by atoms with Crippen LogP contribution in [0.2, 0.25) is 0 Å². The minimum Gasteiger partial charge on any atom is -0.456 e. The zero-order valence-corrected chi connectivity index (χ0v) is 27.7. The summed E-state index contributed by atoms with van der Waals surface area (Å²) in [7, 11) is 1.23. The number of aromatic nitrogens is 2. The number of ether oxygens (including phenoxy) is 5. The maximum atomic E-state index is 13.3. The molecule has 8 atom stereocenters. The number of nitrogens with one attached hydrogen (secondary N) is 2. The second-order valence-corrected chi connectivity index (χ2v) is 12.0. The maximum Gasteiger partial charge on any atom is 0.330 e. The Labute approximate surface area is 286 Å². The summed E-state index contributed by atoms with van der Waals surface area (Å²) in [5, 5.41) is 23.6. The van der Waals surface area contributed by atoms with Crippen LogP contribution in [0.5, 0.6) is 0 Å². The van der Waals surface area contributed by atoms with Crippen LogP contribution in [0, 0.1) is 5.82 Å². The maximum absolute atomic E-state index is 13.3. The molecule has 0 aliphatic carbocycles. The SMILES string of the molecule is CCCCCCCCCC(=O)O[C@@H]1[C@H](OC)[C@@H](C(O[C@H]2OC(C(=O)Nc3ccc(F)cc3)=C[C@H](O)[C@@H]2O)C(N)=O)O[C@H]1n1ccc(=O)[nH]c1=O. The summed E-state index contributed by atoms with van der Waals surface area (Å²) in [6, 6.07) is 5.82. The van der Waals surface area contributed by atoms with Crippen molar-refractivity contribution >= 4 is 23.5 Å². The average Bonchev–Trinajstić information content (AvgIpc) is 3.42. The zero-order valence-electron chi connectivity index (χ0n) is 27.7. The van der Waals surface area contributed by atoms with E-state index in [9.17, 15) is 38.6 Å². The normalized spacial score (nSPS) is 25.3. The van der Waals surface area contributed by atoms with E-state index < -0.39 is 89.8 Å². The Morgan fingerprint density at radius 2 is 1.72 bits per heavy atom. The number of primary amides is 1. The van der Waals surface area contributed by atoms with E-state index in [0.717, 1.165) is 73.6 Å². The molecule has 0 saturated carbocycles. The van der Waals surface area contributed by atoms with E-state index in [0.29, 0.717) is 6.42 Å². The molecule has 1 saturated heterocycles. The number of aromatic amines is 1. The number of halogens is 1. The molecule has 6 N–H and O–H groups in total. The minimum absolute atomic E-state index is 0.0451. The number of anilines is 1. The molecule has 17 heteroatoms. The molecule has 16 nitrogen and oxygen atoms in total. The van der Waals surface area contributed by atoms with Crippen LogP contribution < -0.4 is 22.3 Å². The van der Waals surface area contributed by atoms with Gasteiger partial charge in [0.25, 0.3) is 11.5 Å². The highest BCUT2D eigenvalue weighted by atomic mass is 19.1. The molecule has 0 bridgehead atoms. The van der Waals surface area contributed by atoms with Gasteiger partial charge in [0.05, 0.1) is 0 Å². The summed E-state index contributed by atoms with van der Waals surface area (Å²) in [4.78, 5) is 65.5. The molecule has 2 aliphatic rings. The number of rotatable bonds is 17. The van der Waals surface area contributed by atoms with Gasteiger partial charge in [-0.25, -0.2) is 9.18 Å². The number of benzene rings is 1. The van der Waals surface area contributed by atoms with Gasteiger partial charge in [-0.15, -0.1) is 0 Å². The molecule has 4 rings (SSSR count). The fraction of sp³-hybridized carbons (Fsp3) is 0.545. The molecule has 1 aromatic carbocycles. The first kappa shape index (κ1) is 38.4. The molecular formula is C33H43FN4O12. The third-order valence-electron chi connectivity index (χ3n) is 8.25. The fourth-order valence-corrected chi connectivity index (χ4v) is 5.65. The molecule has 274 valence electrons. The van der Waals surface area contributed by atoms with Gasteiger partial charge in [0.2, 0.25) is 12.2 Å². The van der Waals surface area contributed by atoms with Gasteiger partial charge in [-0.2, -0.15) is 0 Å². The van der Waals surface area contributed by atoms with Crippen LogP contribution in [-0.4, -0.2) is 87.6 Å². The number of H-pyrrole nitrogens is 1. The Morgan fingerprint density at radius 3 is 2.36 bits per heavy atom. The van der Waals surface area contributed by atoms with Crippen molar-refractivity contribution in [1.82, 2.24) is 9.55 Å². The first-order valence-electron chi connectivity index (χ1n) is 16.4. The third kappa shape index (κ3) is 9.85. The Kier molecular flexibility index (Phi) is 13.8. The van der Waals surface area contributed by atoms with Gasteiger partial charge >= 0.3 is 11.7 Å². The summed E-state index contributed by atoms with van der Waals surface area (Å²) >= 11 is 0. The lowest BCUT2D eigenvalue weighted by Crippen LogP contribution is -2.54. The van der Waals surface area contributed by atoms with Crippen molar-refractivity contribution in [2.75, 3.05) is 12.4 Å². The highest BCUT2D eigenvalue weighted by Crippen LogP contribution is 2.36. The van der Waals surface area contributed by atoms with E-state index in [1.165, 1.54) is 19.2 Å². The lowest BCUT2D eigenvalue weighted by Gasteiger charge is -2.35. The molecule has 50 heavy (non-hydrogen) atoms. The Morgan fingerprint density at radius 1 is 1.04 bits per heavy atom. The zero-order chi connectivity index (χ0) is 36.4. The number of esters is 1. The number of carbonyl (C=O) groups is 3. The minimum atomic E-state index is -1.88. The lowest BCUT2D eigenvalue weighted by atomic mass is 10.0. The highest BCUT2D eigenvalue weighted by Gasteiger charge is 2.54. The van der Waals surface area contributed by atoms with Gasteiger partial charge in [-0.05, 0) is 36.8 Å². The number of unbranched alkanes of at least 4 members (excludes halogenated alkanes) is 6. The summed E-state index contributed by atoms with van der Waals surface area (Å²) < 4.78 is 42.9. The fourth-order valence-electron chi connectivity index (χ4n) is 5.65. The number of hydrogen-bond acceptors (Lipinski definition) is 12. The standard InChI is InChI=1S/C33H43FN4O12/c1-3-4-5-6-7-8-9-10-23(41)48-28-25(46-2)26(49-31(28)38-16-15-22(40)37-33(38)45)27(29(35)43)50-32-24(42)20(39)17-21(47-32)30(44)36-19-13-11-18(34)12-14-19/h11-17,20,24-28,31-32,39,42H,3-10H2,1-2H3,(H2,35,43)(H,36,44)(H,37,40,45)/t20-,24-,25+,26-,27?,28+,31+,32+/m0/s1. The topological polar surface area (TPSA) is 231 Å². The van der Waals surface area contributed by atoms with Crippen molar-refractivity contribution < 1.29 is 52.7 Å². The summed E-state index contributed by atoms with van der Waals surface area (Å²) in [6.45, 7) is 2.12. The predicted octanol–water partition coefficient (Wildman–Crippen LogP) is 1.11. The van der Waals surface area contributed by atoms with Crippen molar-refractivity contribution in [1.29, 1.82) is 0 Å². The van der Waals surface area contributed by atoms with Gasteiger partial charge in [0.15, 0.2) is 24.2 Å². The smallest absolute Gasteiger partial charge is 0.330 e.